The van der Waals surface area contributed by atoms with E-state index in [1.807, 2.05) is 0 Å². The summed E-state index contributed by atoms with van der Waals surface area (Å²) in [4.78, 5) is 0. The van der Waals surface area contributed by atoms with Crippen molar-refractivity contribution >= 4 is 0 Å². The van der Waals surface area contributed by atoms with Crippen molar-refractivity contribution in [3.63, 3.8) is 0 Å². The second kappa shape index (κ2) is 9.65. The fourth-order valence-corrected chi connectivity index (χ4v) is 5.99. The fraction of sp³-hybridized carbons (Fsp3) is 0.769. The molecule has 0 amide bonds. The Morgan fingerprint density at radius 1 is 1.04 bits per heavy atom. The number of hydrogen-bond acceptors (Lipinski definition) is 2. The standard InChI is InChI=1S/C26H42O2/c1-4-5-6-7-15-26(2,3)21-13-14-23(25(28)17-21)22-10-8-9-20-12-11-19(18-27)16-24(20)22/h13-14,17,19-20,22,24,27-28H,4-12,15-16,18H2,1-3H3. The van der Waals surface area contributed by atoms with Crippen molar-refractivity contribution in [2.24, 2.45) is 17.8 Å². The Labute approximate surface area is 172 Å². The number of phenolic OH excluding ortho intramolecular Hbond substituents is 1. The molecule has 0 spiro atoms. The SMILES string of the molecule is CCCCCCC(C)(C)c1ccc(C2CCCC3CCC(CO)CC32)c(O)c1. The minimum atomic E-state index is 0.117. The summed E-state index contributed by atoms with van der Waals surface area (Å²) in [6.45, 7) is 7.22. The Bertz CT molecular complexity index is 621. The van der Waals surface area contributed by atoms with E-state index >= 15 is 0 Å². The molecule has 0 aromatic heterocycles. The molecule has 2 N–H and O–H groups in total. The van der Waals surface area contributed by atoms with Crippen LogP contribution in [-0.4, -0.2) is 16.8 Å². The first-order valence-electron chi connectivity index (χ1n) is 11.9. The van der Waals surface area contributed by atoms with Gasteiger partial charge in [-0.25, -0.2) is 0 Å². The van der Waals surface area contributed by atoms with Crippen LogP contribution in [0, 0.1) is 17.8 Å². The summed E-state index contributed by atoms with van der Waals surface area (Å²) in [5, 5.41) is 20.7. The van der Waals surface area contributed by atoms with E-state index in [9.17, 15) is 10.2 Å². The lowest BCUT2D eigenvalue weighted by Crippen LogP contribution is -2.34. The van der Waals surface area contributed by atoms with Gasteiger partial charge in [0, 0.05) is 6.61 Å². The van der Waals surface area contributed by atoms with Crippen LogP contribution in [0.15, 0.2) is 18.2 Å². The first kappa shape index (κ1) is 21.7. The van der Waals surface area contributed by atoms with Crippen LogP contribution < -0.4 is 0 Å². The van der Waals surface area contributed by atoms with Crippen molar-refractivity contribution in [3.05, 3.63) is 29.3 Å². The molecule has 0 radical (unpaired) electrons. The predicted octanol–water partition coefficient (Wildman–Crippen LogP) is 6.93. The zero-order chi connectivity index (χ0) is 20.1. The van der Waals surface area contributed by atoms with E-state index in [0.717, 1.165) is 12.3 Å². The second-order valence-electron chi connectivity index (χ2n) is 10.3. The number of aliphatic hydroxyl groups excluding tert-OH is 1. The second-order valence-corrected chi connectivity index (χ2v) is 10.3. The van der Waals surface area contributed by atoms with Crippen LogP contribution in [0.2, 0.25) is 0 Å². The lowest BCUT2D eigenvalue weighted by Gasteiger charge is -2.44. The molecule has 0 saturated heterocycles. The molecule has 158 valence electrons. The Kier molecular flexibility index (Phi) is 7.48. The third-order valence-electron chi connectivity index (χ3n) is 7.89. The number of benzene rings is 1. The molecule has 2 saturated carbocycles. The molecule has 0 aliphatic heterocycles. The molecule has 4 unspecified atom stereocenters. The summed E-state index contributed by atoms with van der Waals surface area (Å²) in [5.74, 6) is 2.87. The molecule has 0 heterocycles. The van der Waals surface area contributed by atoms with Gasteiger partial charge in [0.15, 0.2) is 0 Å². The average Bonchev–Trinajstić information content (AvgIpc) is 2.70. The van der Waals surface area contributed by atoms with Crippen molar-refractivity contribution in [3.8, 4) is 5.75 Å². The molecule has 0 bridgehead atoms. The summed E-state index contributed by atoms with van der Waals surface area (Å²) in [6.07, 6.45) is 13.7. The lowest BCUT2D eigenvalue weighted by molar-refractivity contribution is 0.0767. The van der Waals surface area contributed by atoms with E-state index in [1.54, 1.807) is 0 Å². The highest BCUT2D eigenvalue weighted by Crippen LogP contribution is 2.51. The number of hydrogen-bond donors (Lipinski definition) is 2. The monoisotopic (exact) mass is 386 g/mol. The third-order valence-corrected chi connectivity index (χ3v) is 7.89. The van der Waals surface area contributed by atoms with Gasteiger partial charge in [0.05, 0.1) is 0 Å². The fourth-order valence-electron chi connectivity index (χ4n) is 5.99. The Hall–Kier alpha value is -1.02. The van der Waals surface area contributed by atoms with Gasteiger partial charge in [0.1, 0.15) is 5.75 Å². The molecule has 4 atom stereocenters. The maximum atomic E-state index is 11.0. The van der Waals surface area contributed by atoms with Crippen molar-refractivity contribution in [2.75, 3.05) is 6.61 Å². The highest BCUT2D eigenvalue weighted by Gasteiger charge is 2.39. The highest BCUT2D eigenvalue weighted by molar-refractivity contribution is 5.42. The number of aliphatic hydroxyl groups is 1. The van der Waals surface area contributed by atoms with Crippen molar-refractivity contribution < 1.29 is 10.2 Å². The van der Waals surface area contributed by atoms with E-state index < -0.39 is 0 Å². The van der Waals surface area contributed by atoms with Gasteiger partial charge < -0.3 is 10.2 Å². The summed E-state index contributed by atoms with van der Waals surface area (Å²) >= 11 is 0. The molecule has 2 aliphatic rings. The van der Waals surface area contributed by atoms with Crippen LogP contribution in [0.4, 0.5) is 0 Å². The normalized spacial score (nSPS) is 28.1. The van der Waals surface area contributed by atoms with Gasteiger partial charge in [0.2, 0.25) is 0 Å². The topological polar surface area (TPSA) is 40.5 Å². The minimum absolute atomic E-state index is 0.117. The number of unbranched alkanes of at least 4 members (excludes halogenated alkanes) is 3. The van der Waals surface area contributed by atoms with Gasteiger partial charge in [-0.2, -0.15) is 0 Å². The van der Waals surface area contributed by atoms with E-state index in [0.29, 0.717) is 30.1 Å². The number of phenols is 1. The highest BCUT2D eigenvalue weighted by atomic mass is 16.3. The molecule has 1 aromatic rings. The number of aromatic hydroxyl groups is 1. The predicted molar refractivity (Wildman–Crippen MR) is 118 cm³/mol. The maximum absolute atomic E-state index is 11.0. The van der Waals surface area contributed by atoms with E-state index in [4.69, 9.17) is 0 Å². The molecular formula is C26H42O2. The van der Waals surface area contributed by atoms with E-state index in [2.05, 4.69) is 39.0 Å². The van der Waals surface area contributed by atoms with Crippen LogP contribution >= 0.6 is 0 Å². The molecule has 28 heavy (non-hydrogen) atoms. The zero-order valence-corrected chi connectivity index (χ0v) is 18.4. The first-order valence-corrected chi connectivity index (χ1v) is 11.9. The van der Waals surface area contributed by atoms with Crippen LogP contribution in [-0.2, 0) is 5.41 Å². The van der Waals surface area contributed by atoms with Crippen LogP contribution in [0.1, 0.15) is 108 Å². The van der Waals surface area contributed by atoms with Gasteiger partial charge in [-0.15, -0.1) is 0 Å². The van der Waals surface area contributed by atoms with E-state index in [1.165, 1.54) is 75.3 Å². The minimum Gasteiger partial charge on any atom is -0.508 e. The average molecular weight is 387 g/mol. The Morgan fingerprint density at radius 2 is 1.86 bits per heavy atom. The van der Waals surface area contributed by atoms with Crippen molar-refractivity contribution in [1.82, 2.24) is 0 Å². The molecule has 2 heteroatoms. The first-order chi connectivity index (χ1) is 13.5. The molecule has 2 fully saturated rings. The van der Waals surface area contributed by atoms with Crippen LogP contribution in [0.3, 0.4) is 0 Å². The molecule has 3 rings (SSSR count). The molecular weight excluding hydrogens is 344 g/mol. The van der Waals surface area contributed by atoms with E-state index in [-0.39, 0.29) is 5.41 Å². The van der Waals surface area contributed by atoms with Crippen LogP contribution in [0.5, 0.6) is 5.75 Å². The number of fused-ring (bicyclic) bond motifs is 1. The van der Waals surface area contributed by atoms with Gasteiger partial charge >= 0.3 is 0 Å². The Morgan fingerprint density at radius 3 is 2.57 bits per heavy atom. The number of rotatable bonds is 8. The zero-order valence-electron chi connectivity index (χ0n) is 18.4. The molecule has 2 aliphatic carbocycles. The van der Waals surface area contributed by atoms with Crippen molar-refractivity contribution in [2.45, 2.75) is 103 Å². The summed E-state index contributed by atoms with van der Waals surface area (Å²) < 4.78 is 0. The summed E-state index contributed by atoms with van der Waals surface area (Å²) in [7, 11) is 0. The van der Waals surface area contributed by atoms with Crippen molar-refractivity contribution in [1.29, 1.82) is 0 Å². The quantitative estimate of drug-likeness (QED) is 0.475. The summed E-state index contributed by atoms with van der Waals surface area (Å²) in [6, 6.07) is 6.57. The van der Waals surface area contributed by atoms with Gasteiger partial charge in [-0.05, 0) is 78.4 Å². The Balaban J connectivity index is 1.74. The smallest absolute Gasteiger partial charge is 0.119 e. The van der Waals surface area contributed by atoms with Gasteiger partial charge in [-0.3, -0.25) is 0 Å². The largest absolute Gasteiger partial charge is 0.508 e. The maximum Gasteiger partial charge on any atom is 0.119 e. The summed E-state index contributed by atoms with van der Waals surface area (Å²) in [5.41, 5.74) is 2.55. The lowest BCUT2D eigenvalue weighted by atomic mass is 9.61. The van der Waals surface area contributed by atoms with Crippen LogP contribution in [0.25, 0.3) is 0 Å². The molecule has 2 nitrogen and oxygen atoms in total. The molecule has 1 aromatic carbocycles. The van der Waals surface area contributed by atoms with Gasteiger partial charge in [-0.1, -0.05) is 71.4 Å². The third kappa shape index (κ3) is 4.93. The van der Waals surface area contributed by atoms with Gasteiger partial charge in [0.25, 0.3) is 0 Å².